The molecule has 1 unspecified atom stereocenters. The van der Waals surface area contributed by atoms with Gasteiger partial charge in [-0.25, -0.2) is 0 Å². The highest BCUT2D eigenvalue weighted by atomic mass is 32.3. The molecule has 1 aromatic carbocycles. The molecule has 0 bridgehead atoms. The van der Waals surface area contributed by atoms with Crippen molar-refractivity contribution in [1.82, 2.24) is 0 Å². The minimum Gasteiger partial charge on any atom is -0.312 e. The molecule has 23 heavy (non-hydrogen) atoms. The van der Waals surface area contributed by atoms with Gasteiger partial charge in [0.2, 0.25) is 5.91 Å². The normalized spacial score (nSPS) is 19.0. The molecular formula is C13H10F4N2O3S. The molecule has 0 radical (unpaired) electrons. The highest BCUT2D eigenvalue weighted by molar-refractivity contribution is 7.86. The molecule has 10 heteroatoms. The molecule has 1 aliphatic heterocycles. The van der Waals surface area contributed by atoms with Crippen LogP contribution in [0.2, 0.25) is 0 Å². The molecule has 0 spiro atoms. The highest BCUT2D eigenvalue weighted by Crippen LogP contribution is 2.36. The Bertz CT molecular complexity index is 783. The molecule has 1 aliphatic rings. The molecule has 5 nitrogen and oxygen atoms in total. The number of hydrogen-bond acceptors (Lipinski definition) is 4. The molecule has 1 atom stereocenters. The summed E-state index contributed by atoms with van der Waals surface area (Å²) in [5.74, 6) is -2.29. The average Bonchev–Trinajstić information content (AvgIpc) is 2.75. The highest BCUT2D eigenvalue weighted by Gasteiger charge is 2.37. The standard InChI is InChI=1S/C13H10F4N2O3S/c14-13(15,16)11-4-10(2-1-9(11)5-18)19-6-8(3-12(19)20)7-23(17,21)22/h1-2,4,8H,3,6-7H2. The van der Waals surface area contributed by atoms with Gasteiger partial charge in [-0.15, -0.1) is 3.89 Å². The molecule has 2 rings (SSSR count). The minimum atomic E-state index is -4.78. The van der Waals surface area contributed by atoms with Gasteiger partial charge in [-0.3, -0.25) is 4.79 Å². The predicted molar refractivity (Wildman–Crippen MR) is 71.5 cm³/mol. The minimum absolute atomic E-state index is 0.111. The summed E-state index contributed by atoms with van der Waals surface area (Å²) in [5.41, 5.74) is -1.89. The molecule has 124 valence electrons. The van der Waals surface area contributed by atoms with E-state index in [2.05, 4.69) is 0 Å². The van der Waals surface area contributed by atoms with Crippen molar-refractivity contribution >= 4 is 21.8 Å². The molecule has 1 heterocycles. The maximum absolute atomic E-state index is 12.9. The van der Waals surface area contributed by atoms with Crippen LogP contribution in [-0.4, -0.2) is 26.6 Å². The maximum Gasteiger partial charge on any atom is 0.417 e. The first-order valence-corrected chi connectivity index (χ1v) is 7.90. The fourth-order valence-corrected chi connectivity index (χ4v) is 3.24. The number of rotatable bonds is 3. The van der Waals surface area contributed by atoms with Crippen molar-refractivity contribution in [3.8, 4) is 6.07 Å². The third-order valence-corrected chi connectivity index (χ3v) is 4.25. The average molecular weight is 350 g/mol. The number of amides is 1. The lowest BCUT2D eigenvalue weighted by molar-refractivity contribution is -0.137. The lowest BCUT2D eigenvalue weighted by atomic mass is 10.1. The van der Waals surface area contributed by atoms with E-state index in [1.54, 1.807) is 0 Å². The molecule has 1 saturated heterocycles. The molecule has 0 aliphatic carbocycles. The van der Waals surface area contributed by atoms with Crippen LogP contribution in [0.4, 0.5) is 22.7 Å². The van der Waals surface area contributed by atoms with Crippen molar-refractivity contribution < 1.29 is 30.3 Å². The summed E-state index contributed by atoms with van der Waals surface area (Å²) in [7, 11) is -4.78. The summed E-state index contributed by atoms with van der Waals surface area (Å²) in [6, 6.07) is 4.17. The topological polar surface area (TPSA) is 78.2 Å². The van der Waals surface area contributed by atoms with Crippen molar-refractivity contribution in [2.45, 2.75) is 12.6 Å². The van der Waals surface area contributed by atoms with Crippen LogP contribution < -0.4 is 4.90 Å². The summed E-state index contributed by atoms with van der Waals surface area (Å²) in [6.45, 7) is -0.203. The van der Waals surface area contributed by atoms with Crippen LogP contribution in [0.5, 0.6) is 0 Å². The zero-order valence-electron chi connectivity index (χ0n) is 11.5. The van der Waals surface area contributed by atoms with Crippen LogP contribution in [0.1, 0.15) is 17.5 Å². The third-order valence-electron chi connectivity index (χ3n) is 3.38. The fraction of sp³-hybridized carbons (Fsp3) is 0.385. The van der Waals surface area contributed by atoms with Crippen molar-refractivity contribution in [2.24, 2.45) is 5.92 Å². The maximum atomic E-state index is 12.9. The van der Waals surface area contributed by atoms with E-state index in [4.69, 9.17) is 5.26 Å². The predicted octanol–water partition coefficient (Wildman–Crippen LogP) is 2.23. The van der Waals surface area contributed by atoms with E-state index >= 15 is 0 Å². The Morgan fingerprint density at radius 3 is 2.52 bits per heavy atom. The molecular weight excluding hydrogens is 340 g/mol. The first-order valence-electron chi connectivity index (χ1n) is 6.35. The van der Waals surface area contributed by atoms with E-state index in [0.29, 0.717) is 6.07 Å². The smallest absolute Gasteiger partial charge is 0.312 e. The SMILES string of the molecule is N#Cc1ccc(N2CC(CS(=O)(=O)F)CC2=O)cc1C(F)(F)F. The van der Waals surface area contributed by atoms with E-state index in [-0.39, 0.29) is 18.7 Å². The summed E-state index contributed by atoms with van der Waals surface area (Å²) in [4.78, 5) is 12.8. The molecule has 0 aromatic heterocycles. The summed E-state index contributed by atoms with van der Waals surface area (Å²) in [6.07, 6.45) is -5.05. The molecule has 0 saturated carbocycles. The second kappa shape index (κ2) is 5.81. The Hall–Kier alpha value is -2.15. The van der Waals surface area contributed by atoms with Gasteiger partial charge >= 0.3 is 16.4 Å². The number of halogens is 4. The Kier molecular flexibility index (Phi) is 4.34. The second-order valence-corrected chi connectivity index (χ2v) is 6.53. The Balaban J connectivity index is 2.33. The van der Waals surface area contributed by atoms with Gasteiger partial charge in [0.05, 0.1) is 22.9 Å². The van der Waals surface area contributed by atoms with E-state index in [9.17, 15) is 30.3 Å². The monoisotopic (exact) mass is 350 g/mol. The first kappa shape index (κ1) is 17.2. The summed E-state index contributed by atoms with van der Waals surface area (Å²) >= 11 is 0. The first-order chi connectivity index (χ1) is 10.5. The number of carbonyl (C=O) groups is 1. The van der Waals surface area contributed by atoms with Gasteiger partial charge in [0.25, 0.3) is 0 Å². The quantitative estimate of drug-likeness (QED) is 0.619. The lowest BCUT2D eigenvalue weighted by Crippen LogP contribution is -2.26. The number of alkyl halides is 3. The largest absolute Gasteiger partial charge is 0.417 e. The number of carbonyl (C=O) groups excluding carboxylic acids is 1. The molecule has 1 amide bonds. The number of hydrogen-bond donors (Lipinski definition) is 0. The Morgan fingerprint density at radius 2 is 2.00 bits per heavy atom. The summed E-state index contributed by atoms with van der Waals surface area (Å²) < 4.78 is 72.7. The number of benzene rings is 1. The van der Waals surface area contributed by atoms with Gasteiger partial charge in [0.15, 0.2) is 0 Å². The fourth-order valence-electron chi connectivity index (χ4n) is 2.46. The van der Waals surface area contributed by atoms with Gasteiger partial charge in [-0.1, -0.05) is 0 Å². The van der Waals surface area contributed by atoms with Crippen molar-refractivity contribution in [3.05, 3.63) is 29.3 Å². The van der Waals surface area contributed by atoms with Crippen LogP contribution in [0, 0.1) is 17.2 Å². The number of nitrogens with zero attached hydrogens (tertiary/aromatic N) is 2. The third kappa shape index (κ3) is 3.98. The van der Waals surface area contributed by atoms with Crippen molar-refractivity contribution in [3.63, 3.8) is 0 Å². The molecule has 1 aromatic rings. The van der Waals surface area contributed by atoms with Crippen molar-refractivity contribution in [2.75, 3.05) is 17.2 Å². The van der Waals surface area contributed by atoms with Gasteiger partial charge < -0.3 is 4.90 Å². The van der Waals surface area contributed by atoms with E-state index < -0.39 is 45.1 Å². The van der Waals surface area contributed by atoms with Crippen LogP contribution >= 0.6 is 0 Å². The zero-order valence-corrected chi connectivity index (χ0v) is 12.3. The summed E-state index contributed by atoms with van der Waals surface area (Å²) in [5, 5.41) is 8.72. The molecule has 0 N–H and O–H groups in total. The van der Waals surface area contributed by atoms with E-state index in [1.807, 2.05) is 0 Å². The van der Waals surface area contributed by atoms with Crippen LogP contribution in [0.15, 0.2) is 18.2 Å². The Morgan fingerprint density at radius 1 is 1.35 bits per heavy atom. The number of anilines is 1. The van der Waals surface area contributed by atoms with Crippen LogP contribution in [0.3, 0.4) is 0 Å². The Labute approximate surface area is 129 Å². The van der Waals surface area contributed by atoms with Crippen molar-refractivity contribution in [1.29, 1.82) is 5.26 Å². The van der Waals surface area contributed by atoms with E-state index in [1.165, 1.54) is 6.07 Å². The number of nitriles is 1. The lowest BCUT2D eigenvalue weighted by Gasteiger charge is -2.19. The van der Waals surface area contributed by atoms with Gasteiger partial charge in [0, 0.05) is 24.6 Å². The second-order valence-electron chi connectivity index (χ2n) is 5.12. The van der Waals surface area contributed by atoms with Crippen LogP contribution in [0.25, 0.3) is 0 Å². The van der Waals surface area contributed by atoms with E-state index in [0.717, 1.165) is 17.0 Å². The van der Waals surface area contributed by atoms with Gasteiger partial charge in [-0.2, -0.15) is 26.9 Å². The van der Waals surface area contributed by atoms with Gasteiger partial charge in [0.1, 0.15) is 0 Å². The molecule has 1 fully saturated rings. The zero-order chi connectivity index (χ0) is 17.4. The van der Waals surface area contributed by atoms with Crippen LogP contribution in [-0.2, 0) is 21.2 Å². The van der Waals surface area contributed by atoms with Gasteiger partial charge in [-0.05, 0) is 18.2 Å².